The molecular formula is C23H27N5O3S. The van der Waals surface area contributed by atoms with Gasteiger partial charge < -0.3 is 15.5 Å². The fourth-order valence-corrected chi connectivity index (χ4v) is 4.73. The van der Waals surface area contributed by atoms with E-state index < -0.39 is 0 Å². The summed E-state index contributed by atoms with van der Waals surface area (Å²) in [6.45, 7) is 2.28. The van der Waals surface area contributed by atoms with Crippen molar-refractivity contribution in [1.29, 1.82) is 0 Å². The lowest BCUT2D eigenvalue weighted by atomic mass is 9.88. The molecule has 8 nitrogen and oxygen atoms in total. The number of carbonyl (C=O) groups excluding carboxylic acids is 3. The third-order valence-corrected chi connectivity index (χ3v) is 6.63. The van der Waals surface area contributed by atoms with E-state index in [0.717, 1.165) is 36.8 Å². The van der Waals surface area contributed by atoms with Crippen LogP contribution in [0.4, 0.5) is 16.3 Å². The van der Waals surface area contributed by atoms with Crippen LogP contribution in [0.25, 0.3) is 10.9 Å². The van der Waals surface area contributed by atoms with Crippen molar-refractivity contribution in [3.8, 4) is 0 Å². The Morgan fingerprint density at radius 2 is 1.97 bits per heavy atom. The van der Waals surface area contributed by atoms with E-state index in [2.05, 4.69) is 15.6 Å². The first-order valence-electron chi connectivity index (χ1n) is 10.9. The molecule has 2 heterocycles. The Bertz CT molecular complexity index is 1130. The number of benzene rings is 1. The van der Waals surface area contributed by atoms with Crippen molar-refractivity contribution in [3.05, 3.63) is 40.8 Å². The Morgan fingerprint density at radius 1 is 1.19 bits per heavy atom. The average molecular weight is 454 g/mol. The fraction of sp³-hybridized carbons (Fsp3) is 0.391. The molecule has 3 aromatic rings. The Labute approximate surface area is 190 Å². The van der Waals surface area contributed by atoms with Crippen molar-refractivity contribution in [2.75, 3.05) is 23.8 Å². The predicted molar refractivity (Wildman–Crippen MR) is 126 cm³/mol. The molecule has 3 amide bonds. The molecule has 0 aliphatic heterocycles. The quantitative estimate of drug-likeness (QED) is 0.596. The molecule has 4 rings (SSSR count). The number of anilines is 2. The number of amides is 3. The van der Waals surface area contributed by atoms with Crippen LogP contribution in [0.2, 0.25) is 0 Å². The van der Waals surface area contributed by atoms with Crippen LogP contribution in [0.5, 0.6) is 0 Å². The minimum atomic E-state index is -0.377. The Hall–Kier alpha value is -3.20. The summed E-state index contributed by atoms with van der Waals surface area (Å²) >= 11 is 1.23. The SMILES string of the molecule is CCNC(=O)n1c(NC(=O)c2nccs2)cc2ccc(N(C)C(=O)C3CCCCC3)cc21. The summed E-state index contributed by atoms with van der Waals surface area (Å²) < 4.78 is 1.44. The van der Waals surface area contributed by atoms with Gasteiger partial charge in [0.25, 0.3) is 5.91 Å². The lowest BCUT2D eigenvalue weighted by molar-refractivity contribution is -0.123. The third kappa shape index (κ3) is 4.38. The molecule has 2 aromatic heterocycles. The van der Waals surface area contributed by atoms with Crippen molar-refractivity contribution in [2.24, 2.45) is 5.92 Å². The molecule has 1 aliphatic carbocycles. The zero-order valence-electron chi connectivity index (χ0n) is 18.3. The first kappa shape index (κ1) is 22.0. The maximum Gasteiger partial charge on any atom is 0.327 e. The number of nitrogens with one attached hydrogen (secondary N) is 2. The number of hydrogen-bond acceptors (Lipinski definition) is 5. The number of aromatic nitrogens is 2. The second-order valence-electron chi connectivity index (χ2n) is 7.97. The Balaban J connectivity index is 1.69. The highest BCUT2D eigenvalue weighted by Crippen LogP contribution is 2.31. The normalized spacial score (nSPS) is 14.3. The second kappa shape index (κ2) is 9.52. The van der Waals surface area contributed by atoms with Crippen LogP contribution >= 0.6 is 11.3 Å². The summed E-state index contributed by atoms with van der Waals surface area (Å²) in [5.41, 5.74) is 1.33. The Morgan fingerprint density at radius 3 is 2.66 bits per heavy atom. The number of fused-ring (bicyclic) bond motifs is 1. The van der Waals surface area contributed by atoms with E-state index in [4.69, 9.17) is 0 Å². The van der Waals surface area contributed by atoms with Gasteiger partial charge in [-0.15, -0.1) is 11.3 Å². The van der Waals surface area contributed by atoms with E-state index in [0.29, 0.717) is 22.9 Å². The smallest absolute Gasteiger partial charge is 0.327 e. The van der Waals surface area contributed by atoms with Gasteiger partial charge in [0, 0.05) is 42.2 Å². The highest BCUT2D eigenvalue weighted by Gasteiger charge is 2.26. The van der Waals surface area contributed by atoms with Gasteiger partial charge in [-0.2, -0.15) is 0 Å². The highest BCUT2D eigenvalue weighted by atomic mass is 32.1. The number of rotatable bonds is 5. The van der Waals surface area contributed by atoms with Crippen molar-refractivity contribution in [3.63, 3.8) is 0 Å². The summed E-state index contributed by atoms with van der Waals surface area (Å²) in [5, 5.41) is 8.41. The lowest BCUT2D eigenvalue weighted by Crippen LogP contribution is -2.34. The molecule has 1 aromatic carbocycles. The summed E-state index contributed by atoms with van der Waals surface area (Å²) in [6, 6.07) is 6.96. The van der Waals surface area contributed by atoms with Crippen molar-refractivity contribution in [2.45, 2.75) is 39.0 Å². The molecule has 32 heavy (non-hydrogen) atoms. The van der Waals surface area contributed by atoms with Gasteiger partial charge in [0.2, 0.25) is 5.91 Å². The third-order valence-electron chi connectivity index (χ3n) is 5.86. The van der Waals surface area contributed by atoms with Crippen LogP contribution in [-0.4, -0.2) is 41.0 Å². The molecule has 1 aliphatic rings. The maximum atomic E-state index is 13.0. The summed E-state index contributed by atoms with van der Waals surface area (Å²) in [7, 11) is 1.78. The van der Waals surface area contributed by atoms with Gasteiger partial charge in [-0.3, -0.25) is 9.59 Å². The van der Waals surface area contributed by atoms with Crippen LogP contribution in [0.3, 0.4) is 0 Å². The second-order valence-corrected chi connectivity index (χ2v) is 8.86. The topological polar surface area (TPSA) is 96.3 Å². The number of nitrogens with zero attached hydrogens (tertiary/aromatic N) is 3. The van der Waals surface area contributed by atoms with Gasteiger partial charge in [0.15, 0.2) is 5.01 Å². The van der Waals surface area contributed by atoms with Gasteiger partial charge in [0.1, 0.15) is 5.82 Å². The first-order valence-corrected chi connectivity index (χ1v) is 11.8. The zero-order valence-corrected chi connectivity index (χ0v) is 19.1. The Kier molecular flexibility index (Phi) is 6.55. The molecule has 0 saturated heterocycles. The zero-order chi connectivity index (χ0) is 22.7. The van der Waals surface area contributed by atoms with Gasteiger partial charge in [0.05, 0.1) is 5.52 Å². The van der Waals surface area contributed by atoms with Crippen LogP contribution in [0.15, 0.2) is 35.8 Å². The largest absolute Gasteiger partial charge is 0.338 e. The highest BCUT2D eigenvalue weighted by molar-refractivity contribution is 7.11. The van der Waals surface area contributed by atoms with E-state index in [1.54, 1.807) is 29.6 Å². The fourth-order valence-electron chi connectivity index (χ4n) is 4.20. The minimum Gasteiger partial charge on any atom is -0.338 e. The maximum absolute atomic E-state index is 13.0. The van der Waals surface area contributed by atoms with E-state index in [1.165, 1.54) is 22.3 Å². The van der Waals surface area contributed by atoms with E-state index in [-0.39, 0.29) is 23.8 Å². The van der Waals surface area contributed by atoms with Crippen molar-refractivity contribution < 1.29 is 14.4 Å². The molecule has 0 radical (unpaired) electrons. The van der Waals surface area contributed by atoms with Gasteiger partial charge in [-0.1, -0.05) is 25.3 Å². The number of thiazole rings is 1. The number of carbonyl (C=O) groups is 3. The number of hydrogen-bond donors (Lipinski definition) is 2. The molecule has 9 heteroatoms. The summed E-state index contributed by atoms with van der Waals surface area (Å²) in [6.07, 6.45) is 6.78. The van der Waals surface area contributed by atoms with Gasteiger partial charge in [-0.05, 0) is 38.0 Å². The van der Waals surface area contributed by atoms with Gasteiger partial charge in [-0.25, -0.2) is 14.3 Å². The molecule has 1 saturated carbocycles. The molecule has 0 atom stereocenters. The molecular weight excluding hydrogens is 426 g/mol. The summed E-state index contributed by atoms with van der Waals surface area (Å²) in [5.74, 6) is 0.132. The predicted octanol–water partition coefficient (Wildman–Crippen LogP) is 4.47. The van der Waals surface area contributed by atoms with Crippen molar-refractivity contribution in [1.82, 2.24) is 14.9 Å². The average Bonchev–Trinajstić information content (AvgIpc) is 3.46. The lowest BCUT2D eigenvalue weighted by Gasteiger charge is -2.26. The van der Waals surface area contributed by atoms with Crippen LogP contribution in [-0.2, 0) is 4.79 Å². The molecule has 168 valence electrons. The molecule has 0 bridgehead atoms. The first-order chi connectivity index (χ1) is 15.5. The molecule has 0 spiro atoms. The van der Waals surface area contributed by atoms with Crippen LogP contribution in [0, 0.1) is 5.92 Å². The van der Waals surface area contributed by atoms with E-state index >= 15 is 0 Å². The van der Waals surface area contributed by atoms with Crippen LogP contribution in [0.1, 0.15) is 48.8 Å². The van der Waals surface area contributed by atoms with Crippen LogP contribution < -0.4 is 15.5 Å². The van der Waals surface area contributed by atoms with E-state index in [9.17, 15) is 14.4 Å². The van der Waals surface area contributed by atoms with Crippen molar-refractivity contribution >= 4 is 51.6 Å². The standard InChI is InChI=1S/C23H27N5O3S/c1-3-24-23(31)28-18-14-17(27(2)22(30)15-7-5-4-6-8-15)10-9-16(18)13-19(28)26-20(29)21-25-11-12-32-21/h9-15H,3-8H2,1-2H3,(H,24,31)(H,26,29). The van der Waals surface area contributed by atoms with Gasteiger partial charge >= 0.3 is 6.03 Å². The molecule has 0 unspecified atom stereocenters. The summed E-state index contributed by atoms with van der Waals surface area (Å²) in [4.78, 5) is 44.2. The molecule has 2 N–H and O–H groups in total. The molecule has 1 fully saturated rings. The van der Waals surface area contributed by atoms with E-state index in [1.807, 2.05) is 25.1 Å². The minimum absolute atomic E-state index is 0.0489. The monoisotopic (exact) mass is 453 g/mol.